The van der Waals surface area contributed by atoms with Gasteiger partial charge in [0.05, 0.1) is 33.1 Å². The van der Waals surface area contributed by atoms with Gasteiger partial charge in [-0.05, 0) is 163 Å². The van der Waals surface area contributed by atoms with Crippen molar-refractivity contribution in [2.45, 2.75) is 0 Å². The van der Waals surface area contributed by atoms with Gasteiger partial charge in [0.25, 0.3) is 0 Å². The van der Waals surface area contributed by atoms with Crippen molar-refractivity contribution in [3.63, 3.8) is 0 Å². The Morgan fingerprint density at radius 1 is 0.155 bits per heavy atom. The molecule has 0 atom stereocenters. The molecule has 0 N–H and O–H groups in total. The Labute approximate surface area is 492 Å². The number of benzene rings is 13. The predicted molar refractivity (Wildman–Crippen MR) is 366 cm³/mol. The third-order valence-corrected chi connectivity index (χ3v) is 23.8. The van der Waals surface area contributed by atoms with Gasteiger partial charge in [0.15, 0.2) is 0 Å². The monoisotopic (exact) mass is 1130 g/mol. The second-order valence-electron chi connectivity index (χ2n) is 21.4. The Morgan fingerprint density at radius 3 is 0.726 bits per heavy atom. The fraction of sp³-hybridized carbons (Fsp3) is 0. The van der Waals surface area contributed by atoms with Gasteiger partial charge in [-0.15, -0.1) is 0 Å². The van der Waals surface area contributed by atoms with Gasteiger partial charge in [0.1, 0.15) is 0 Å². The topological polar surface area (TPSA) is 14.8 Å². The lowest BCUT2D eigenvalue weighted by Gasteiger charge is -2.20. The number of hydrogen-bond donors (Lipinski definition) is 0. The molecular formula is C78H54N3P3. The second kappa shape index (κ2) is 21.4. The van der Waals surface area contributed by atoms with Crippen LogP contribution in [0.25, 0.3) is 82.5 Å². The van der Waals surface area contributed by atoms with Gasteiger partial charge in [0, 0.05) is 49.4 Å². The summed E-state index contributed by atoms with van der Waals surface area (Å²) in [5.41, 5.74) is 10.5. The molecule has 16 aromatic rings. The van der Waals surface area contributed by atoms with E-state index in [0.29, 0.717) is 0 Å². The molecule has 396 valence electrons. The molecule has 0 saturated carbocycles. The highest BCUT2D eigenvalue weighted by molar-refractivity contribution is 7.80. The van der Waals surface area contributed by atoms with Crippen molar-refractivity contribution >= 4 is 137 Å². The average Bonchev–Trinajstić information content (AvgIpc) is 2.20. The van der Waals surface area contributed by atoms with Crippen LogP contribution >= 0.6 is 23.8 Å². The molecule has 3 aromatic heterocycles. The molecule has 16 rings (SSSR count). The Bertz CT molecular complexity index is 4800. The summed E-state index contributed by atoms with van der Waals surface area (Å²) in [5, 5.41) is 19.5. The Balaban J connectivity index is 0.914. The first kappa shape index (κ1) is 50.3. The first-order valence-electron chi connectivity index (χ1n) is 28.7. The third-order valence-electron chi connectivity index (χ3n) is 16.5. The zero-order valence-corrected chi connectivity index (χ0v) is 48.5. The quantitative estimate of drug-likeness (QED) is 0.108. The van der Waals surface area contributed by atoms with Crippen molar-refractivity contribution in [2.75, 3.05) is 0 Å². The lowest BCUT2D eigenvalue weighted by molar-refractivity contribution is 1.16. The van der Waals surface area contributed by atoms with Crippen LogP contribution < -0.4 is 47.7 Å². The Morgan fingerprint density at radius 2 is 0.393 bits per heavy atom. The number of nitrogens with zero attached hydrogens (tertiary/aromatic N) is 3. The van der Waals surface area contributed by atoms with E-state index in [1.807, 2.05) is 0 Å². The van der Waals surface area contributed by atoms with E-state index in [-0.39, 0.29) is 0 Å². The maximum Gasteiger partial charge on any atom is 0.0542 e. The minimum Gasteiger partial charge on any atom is -0.309 e. The zero-order chi connectivity index (χ0) is 55.5. The van der Waals surface area contributed by atoms with Crippen molar-refractivity contribution in [1.29, 1.82) is 0 Å². The molecule has 0 amide bonds. The van der Waals surface area contributed by atoms with E-state index in [0.717, 1.165) is 22.6 Å². The number of aromatic nitrogens is 3. The molecule has 13 aromatic carbocycles. The molecule has 0 aliphatic rings. The number of rotatable bonds is 12. The molecular weight excluding hydrogens is 1070 g/mol. The normalized spacial score (nSPS) is 11.9. The van der Waals surface area contributed by atoms with Crippen LogP contribution in [0.4, 0.5) is 0 Å². The lowest BCUT2D eigenvalue weighted by atomic mass is 10.1. The van der Waals surface area contributed by atoms with Gasteiger partial charge in [0.2, 0.25) is 0 Å². The summed E-state index contributed by atoms with van der Waals surface area (Å²) < 4.78 is 7.46. The van der Waals surface area contributed by atoms with Crippen LogP contribution in [0.2, 0.25) is 0 Å². The number of para-hydroxylation sites is 2. The second-order valence-corrected chi connectivity index (χ2v) is 28.0. The van der Waals surface area contributed by atoms with E-state index in [9.17, 15) is 0 Å². The molecule has 3 nitrogen and oxygen atoms in total. The molecule has 0 aliphatic carbocycles. The van der Waals surface area contributed by atoms with E-state index in [1.165, 1.54) is 108 Å². The first-order valence-corrected chi connectivity index (χ1v) is 32.7. The summed E-state index contributed by atoms with van der Waals surface area (Å²) in [5.74, 6) is 0. The van der Waals surface area contributed by atoms with Gasteiger partial charge in [-0.2, -0.15) is 0 Å². The first-order chi connectivity index (χ1) is 41.7. The molecule has 0 spiro atoms. The molecule has 0 aliphatic heterocycles. The minimum absolute atomic E-state index is 0.785. The highest BCUT2D eigenvalue weighted by Crippen LogP contribution is 2.43. The van der Waals surface area contributed by atoms with Crippen LogP contribution in [-0.4, -0.2) is 13.7 Å². The standard InChI is InChI=1S/C78H54N3P3/c1-8-24-55(25-9-1)79-74-45-40-56(80-73-39-23-22-38-67(73)70-52-64(42-47-76(70)80)82(58-26-10-2-11-27-58)59-28-12-3-13-29-59)50-68(74)69-51-57(41-46-75(69)79)81-77-48-43-65(83(60-30-14-4-15-31-60)61-32-16-5-17-33-61)53-71(77)72-54-66(44-49-78(72)81)84(62-34-18-6-19-35-62)63-36-20-7-21-37-63/h1-54H. The van der Waals surface area contributed by atoms with E-state index < -0.39 is 23.8 Å². The van der Waals surface area contributed by atoms with E-state index in [2.05, 4.69) is 341 Å². The summed E-state index contributed by atoms with van der Waals surface area (Å²) in [7, 11) is -2.49. The summed E-state index contributed by atoms with van der Waals surface area (Å²) in [6, 6.07) is 122. The van der Waals surface area contributed by atoms with Gasteiger partial charge >= 0.3 is 0 Å². The molecule has 0 fully saturated rings. The van der Waals surface area contributed by atoms with Gasteiger partial charge < -0.3 is 13.7 Å². The van der Waals surface area contributed by atoms with Crippen molar-refractivity contribution in [3.8, 4) is 17.1 Å². The molecule has 0 radical (unpaired) electrons. The predicted octanol–water partition coefficient (Wildman–Crippen LogP) is 16.3. The van der Waals surface area contributed by atoms with Crippen LogP contribution in [0.1, 0.15) is 0 Å². The summed E-state index contributed by atoms with van der Waals surface area (Å²) >= 11 is 0. The lowest BCUT2D eigenvalue weighted by Crippen LogP contribution is -2.20. The number of hydrogen-bond acceptors (Lipinski definition) is 0. The van der Waals surface area contributed by atoms with Crippen LogP contribution in [0.5, 0.6) is 0 Å². The third kappa shape index (κ3) is 8.71. The molecule has 0 saturated heterocycles. The largest absolute Gasteiger partial charge is 0.309 e. The van der Waals surface area contributed by atoms with Crippen molar-refractivity contribution < 1.29 is 0 Å². The maximum absolute atomic E-state index is 2.53. The summed E-state index contributed by atoms with van der Waals surface area (Å²) in [6.45, 7) is 0. The average molecular weight is 1130 g/mol. The SMILES string of the molecule is c1ccc(-n2c3ccc(-n4c5ccccc5c5cc(P(c6ccccc6)c6ccccc6)ccc54)cc3c3cc(-n4c5ccc(P(c6ccccc6)c6ccccc6)cc5c5cc(P(c6ccccc6)c6ccccc6)ccc54)ccc32)cc1. The van der Waals surface area contributed by atoms with Crippen LogP contribution in [0.15, 0.2) is 328 Å². The zero-order valence-electron chi connectivity index (χ0n) is 45.9. The van der Waals surface area contributed by atoms with E-state index in [4.69, 9.17) is 0 Å². The highest BCUT2D eigenvalue weighted by Gasteiger charge is 2.25. The van der Waals surface area contributed by atoms with Gasteiger partial charge in [-0.3, -0.25) is 0 Å². The molecule has 0 unspecified atom stereocenters. The fourth-order valence-corrected chi connectivity index (χ4v) is 19.8. The van der Waals surface area contributed by atoms with Crippen molar-refractivity contribution in [2.24, 2.45) is 0 Å². The van der Waals surface area contributed by atoms with Gasteiger partial charge in [-0.1, -0.05) is 237 Å². The molecule has 0 bridgehead atoms. The molecule has 84 heavy (non-hydrogen) atoms. The maximum atomic E-state index is 2.53. The Kier molecular flexibility index (Phi) is 12.8. The molecule has 6 heteroatoms. The van der Waals surface area contributed by atoms with E-state index >= 15 is 0 Å². The van der Waals surface area contributed by atoms with Crippen LogP contribution in [0, 0.1) is 0 Å². The van der Waals surface area contributed by atoms with Crippen LogP contribution in [-0.2, 0) is 0 Å². The molecule has 3 heterocycles. The number of fused-ring (bicyclic) bond motifs is 9. The Hall–Kier alpha value is -9.45. The van der Waals surface area contributed by atoms with E-state index in [1.54, 1.807) is 0 Å². The van der Waals surface area contributed by atoms with Crippen LogP contribution in [0.3, 0.4) is 0 Å². The van der Waals surface area contributed by atoms with Crippen molar-refractivity contribution in [3.05, 3.63) is 328 Å². The summed E-state index contributed by atoms with van der Waals surface area (Å²) in [6.07, 6.45) is 0. The van der Waals surface area contributed by atoms with Crippen molar-refractivity contribution in [1.82, 2.24) is 13.7 Å². The fourth-order valence-electron chi connectivity index (χ4n) is 12.9. The highest BCUT2D eigenvalue weighted by atomic mass is 31.1. The smallest absolute Gasteiger partial charge is 0.0542 e. The van der Waals surface area contributed by atoms with Gasteiger partial charge in [-0.25, -0.2) is 0 Å². The summed E-state index contributed by atoms with van der Waals surface area (Å²) in [4.78, 5) is 0. The minimum atomic E-state index is -0.850.